The van der Waals surface area contributed by atoms with Crippen LogP contribution in [0.1, 0.15) is 48.9 Å². The average Bonchev–Trinajstić information content (AvgIpc) is 2.93. The average molecular weight is 408 g/mol. The van der Waals surface area contributed by atoms with Crippen LogP contribution in [-0.4, -0.2) is 35.8 Å². The number of rotatable bonds is 7. The molecule has 0 bridgehead atoms. The number of aryl methyl sites for hydroxylation is 1. The number of imide groups is 1. The molecule has 6 nitrogen and oxygen atoms in total. The first-order valence-corrected chi connectivity index (χ1v) is 10.3. The van der Waals surface area contributed by atoms with Crippen LogP contribution in [0.3, 0.4) is 0 Å². The Labute approximate surface area is 177 Å². The molecule has 3 rings (SSSR count). The summed E-state index contributed by atoms with van der Waals surface area (Å²) in [6.07, 6.45) is 0.693. The normalized spacial score (nSPS) is 18.6. The van der Waals surface area contributed by atoms with Gasteiger partial charge < -0.3 is 10.6 Å². The van der Waals surface area contributed by atoms with Crippen LogP contribution in [-0.2, 0) is 21.5 Å². The molecule has 1 aliphatic rings. The van der Waals surface area contributed by atoms with Gasteiger partial charge in [0.2, 0.25) is 5.91 Å². The van der Waals surface area contributed by atoms with Crippen LogP contribution >= 0.6 is 0 Å². The van der Waals surface area contributed by atoms with Gasteiger partial charge in [0.05, 0.1) is 0 Å². The first-order valence-electron chi connectivity index (χ1n) is 10.3. The minimum absolute atomic E-state index is 0.294. The third-order valence-electron chi connectivity index (χ3n) is 5.71. The molecule has 158 valence electrons. The molecule has 0 spiro atoms. The minimum atomic E-state index is -1.17. The van der Waals surface area contributed by atoms with Gasteiger partial charge in [-0.05, 0) is 48.4 Å². The summed E-state index contributed by atoms with van der Waals surface area (Å²) in [5, 5.41) is 5.55. The van der Waals surface area contributed by atoms with Gasteiger partial charge in [-0.25, -0.2) is 4.79 Å². The molecule has 2 aromatic carbocycles. The summed E-state index contributed by atoms with van der Waals surface area (Å²) in [4.78, 5) is 38.8. The van der Waals surface area contributed by atoms with E-state index >= 15 is 0 Å². The number of nitrogens with one attached hydrogen (secondary N) is 2. The molecule has 1 fully saturated rings. The van der Waals surface area contributed by atoms with E-state index in [1.165, 1.54) is 5.56 Å². The van der Waals surface area contributed by atoms with E-state index in [2.05, 4.69) is 24.5 Å². The van der Waals surface area contributed by atoms with E-state index in [1.807, 2.05) is 55.5 Å². The Morgan fingerprint density at radius 2 is 1.77 bits per heavy atom. The van der Waals surface area contributed by atoms with E-state index in [1.54, 1.807) is 6.92 Å². The zero-order chi connectivity index (χ0) is 21.9. The molecular formula is C24H29N3O3. The van der Waals surface area contributed by atoms with Crippen molar-refractivity contribution in [3.63, 3.8) is 0 Å². The van der Waals surface area contributed by atoms with Crippen molar-refractivity contribution in [2.45, 2.75) is 45.6 Å². The van der Waals surface area contributed by atoms with Crippen molar-refractivity contribution >= 4 is 17.8 Å². The number of carbonyl (C=O) groups excluding carboxylic acids is 3. The van der Waals surface area contributed by atoms with Crippen LogP contribution in [0.5, 0.6) is 0 Å². The highest BCUT2D eigenvalue weighted by molar-refractivity contribution is 6.09. The molecule has 1 aliphatic heterocycles. The molecule has 0 aliphatic carbocycles. The van der Waals surface area contributed by atoms with Gasteiger partial charge in [0, 0.05) is 6.54 Å². The summed E-state index contributed by atoms with van der Waals surface area (Å²) in [7, 11) is 0. The van der Waals surface area contributed by atoms with E-state index in [4.69, 9.17) is 0 Å². The fourth-order valence-corrected chi connectivity index (χ4v) is 3.66. The van der Waals surface area contributed by atoms with Gasteiger partial charge in [0.25, 0.3) is 5.91 Å². The number of hydrogen-bond donors (Lipinski definition) is 2. The van der Waals surface area contributed by atoms with Crippen molar-refractivity contribution in [3.05, 3.63) is 70.8 Å². The predicted molar refractivity (Wildman–Crippen MR) is 116 cm³/mol. The Bertz CT molecular complexity index is 952. The van der Waals surface area contributed by atoms with Gasteiger partial charge >= 0.3 is 6.03 Å². The van der Waals surface area contributed by atoms with Gasteiger partial charge in [0.15, 0.2) is 0 Å². The van der Waals surface area contributed by atoms with Gasteiger partial charge in [-0.2, -0.15) is 0 Å². The summed E-state index contributed by atoms with van der Waals surface area (Å²) >= 11 is 0. The SMILES string of the molecule is Cc1ccccc1CCNC(=O)CN1C(=O)N[C@@](C)(c2ccc(C(C)C)cc2)C1=O. The highest BCUT2D eigenvalue weighted by Gasteiger charge is 2.49. The molecule has 4 amide bonds. The Hall–Kier alpha value is -3.15. The van der Waals surface area contributed by atoms with E-state index in [0.29, 0.717) is 24.4 Å². The zero-order valence-electron chi connectivity index (χ0n) is 18.0. The highest BCUT2D eigenvalue weighted by atomic mass is 16.2. The predicted octanol–water partition coefficient (Wildman–Crippen LogP) is 3.24. The van der Waals surface area contributed by atoms with Crippen molar-refractivity contribution in [2.24, 2.45) is 0 Å². The molecule has 2 N–H and O–H groups in total. The summed E-state index contributed by atoms with van der Waals surface area (Å²) in [5.74, 6) is -0.397. The maximum Gasteiger partial charge on any atom is 0.325 e. The first-order chi connectivity index (χ1) is 14.2. The van der Waals surface area contributed by atoms with Crippen molar-refractivity contribution in [3.8, 4) is 0 Å². The molecule has 0 aromatic heterocycles. The topological polar surface area (TPSA) is 78.5 Å². The van der Waals surface area contributed by atoms with E-state index < -0.39 is 17.5 Å². The van der Waals surface area contributed by atoms with Gasteiger partial charge in [-0.3, -0.25) is 14.5 Å². The van der Waals surface area contributed by atoms with Crippen molar-refractivity contribution in [1.29, 1.82) is 0 Å². The van der Waals surface area contributed by atoms with Gasteiger partial charge in [0.1, 0.15) is 12.1 Å². The second-order valence-electron chi connectivity index (χ2n) is 8.25. The minimum Gasteiger partial charge on any atom is -0.354 e. The maximum absolute atomic E-state index is 13.0. The largest absolute Gasteiger partial charge is 0.354 e. The number of amides is 4. The molecule has 0 radical (unpaired) electrons. The lowest BCUT2D eigenvalue weighted by atomic mass is 9.90. The fraction of sp³-hybridized carbons (Fsp3) is 0.375. The van der Waals surface area contributed by atoms with Crippen molar-refractivity contribution in [2.75, 3.05) is 13.1 Å². The van der Waals surface area contributed by atoms with Crippen molar-refractivity contribution in [1.82, 2.24) is 15.5 Å². The Morgan fingerprint density at radius 3 is 2.40 bits per heavy atom. The first kappa shape index (κ1) is 21.6. The Morgan fingerprint density at radius 1 is 1.10 bits per heavy atom. The van der Waals surface area contributed by atoms with Crippen LogP contribution in [0.25, 0.3) is 0 Å². The number of benzene rings is 2. The zero-order valence-corrected chi connectivity index (χ0v) is 18.0. The van der Waals surface area contributed by atoms with E-state index in [-0.39, 0.29) is 12.5 Å². The third-order valence-corrected chi connectivity index (χ3v) is 5.71. The van der Waals surface area contributed by atoms with Crippen LogP contribution < -0.4 is 10.6 Å². The standard InChI is InChI=1S/C24H29N3O3/c1-16(2)18-9-11-20(12-10-18)24(4)22(29)27(23(30)26-24)15-21(28)25-14-13-19-8-6-5-7-17(19)3/h5-12,16H,13-15H2,1-4H3,(H,25,28)(H,26,30)/t24-/m0/s1. The molecule has 30 heavy (non-hydrogen) atoms. The van der Waals surface area contributed by atoms with Crippen LogP contribution in [0.15, 0.2) is 48.5 Å². The van der Waals surface area contributed by atoms with Crippen LogP contribution in [0.2, 0.25) is 0 Å². The highest BCUT2D eigenvalue weighted by Crippen LogP contribution is 2.29. The molecule has 6 heteroatoms. The Balaban J connectivity index is 1.61. The van der Waals surface area contributed by atoms with Gasteiger partial charge in [-0.15, -0.1) is 0 Å². The summed E-state index contributed by atoms with van der Waals surface area (Å²) in [6.45, 7) is 8.04. The number of nitrogens with zero attached hydrogens (tertiary/aromatic N) is 1. The lowest BCUT2D eigenvalue weighted by molar-refractivity contribution is -0.134. The number of urea groups is 1. The molecular weight excluding hydrogens is 378 g/mol. The van der Waals surface area contributed by atoms with E-state index in [0.717, 1.165) is 16.0 Å². The Kier molecular flexibility index (Phi) is 6.25. The van der Waals surface area contributed by atoms with Crippen LogP contribution in [0.4, 0.5) is 4.79 Å². The molecule has 1 atom stereocenters. The second-order valence-corrected chi connectivity index (χ2v) is 8.25. The molecule has 1 heterocycles. The molecule has 0 unspecified atom stereocenters. The summed E-state index contributed by atoms with van der Waals surface area (Å²) in [5.41, 5.74) is 3.01. The molecule has 2 aromatic rings. The molecule has 1 saturated heterocycles. The summed E-state index contributed by atoms with van der Waals surface area (Å²) in [6, 6.07) is 15.1. The maximum atomic E-state index is 13.0. The van der Waals surface area contributed by atoms with Gasteiger partial charge in [-0.1, -0.05) is 62.4 Å². The number of hydrogen-bond acceptors (Lipinski definition) is 3. The van der Waals surface area contributed by atoms with Crippen molar-refractivity contribution < 1.29 is 14.4 Å². The smallest absolute Gasteiger partial charge is 0.325 e. The molecule has 0 saturated carbocycles. The third kappa shape index (κ3) is 4.37. The van der Waals surface area contributed by atoms with Crippen LogP contribution in [0, 0.1) is 6.92 Å². The van der Waals surface area contributed by atoms with E-state index in [9.17, 15) is 14.4 Å². The fourth-order valence-electron chi connectivity index (χ4n) is 3.66. The summed E-state index contributed by atoms with van der Waals surface area (Å²) < 4.78 is 0. The lowest BCUT2D eigenvalue weighted by Crippen LogP contribution is -2.43. The number of carbonyl (C=O) groups is 3. The second kappa shape index (κ2) is 8.69. The monoisotopic (exact) mass is 407 g/mol. The quantitative estimate of drug-likeness (QED) is 0.692. The lowest BCUT2D eigenvalue weighted by Gasteiger charge is -2.22.